The molecule has 0 bridgehead atoms. The van der Waals surface area contributed by atoms with Crippen LogP contribution in [-0.2, 0) is 41.9 Å². The highest BCUT2D eigenvalue weighted by Crippen LogP contribution is 2.65. The molecular formula is C27H27NO7S. The number of methoxy groups -OCH3 is 2. The molecule has 1 aliphatic carbocycles. The number of benzene rings is 2. The van der Waals surface area contributed by atoms with E-state index in [1.165, 1.54) is 36.9 Å². The molecule has 2 aliphatic rings. The Morgan fingerprint density at radius 2 is 1.61 bits per heavy atom. The number of carbonyl (C=O) groups excluding carboxylic acids is 2. The SMILES string of the molecule is COC(=O)[C@@]12Cc3occc3C[C@]1(C(=O)OC)C(c1ccccc1)N(S(=O)(=O)c1ccc(C)cc1)C2. The van der Waals surface area contributed by atoms with Gasteiger partial charge in [0.2, 0.25) is 10.0 Å². The van der Waals surface area contributed by atoms with E-state index < -0.39 is 38.8 Å². The van der Waals surface area contributed by atoms with E-state index in [1.807, 2.05) is 13.0 Å². The Hall–Kier alpha value is -3.43. The highest BCUT2D eigenvalue weighted by atomic mass is 32.2. The molecule has 0 spiro atoms. The van der Waals surface area contributed by atoms with E-state index in [4.69, 9.17) is 13.9 Å². The third kappa shape index (κ3) is 3.26. The summed E-state index contributed by atoms with van der Waals surface area (Å²) in [5, 5.41) is 0. The molecule has 0 N–H and O–H groups in total. The maximum absolute atomic E-state index is 14.2. The van der Waals surface area contributed by atoms with Gasteiger partial charge < -0.3 is 13.9 Å². The second-order valence-electron chi connectivity index (χ2n) is 9.44. The van der Waals surface area contributed by atoms with Crippen molar-refractivity contribution in [3.05, 3.63) is 89.4 Å². The van der Waals surface area contributed by atoms with Crippen molar-refractivity contribution in [3.8, 4) is 0 Å². The van der Waals surface area contributed by atoms with Gasteiger partial charge in [-0.05, 0) is 42.7 Å². The lowest BCUT2D eigenvalue weighted by Crippen LogP contribution is -2.57. The quantitative estimate of drug-likeness (QED) is 0.486. The highest BCUT2D eigenvalue weighted by Gasteiger charge is 2.75. The first-order valence-electron chi connectivity index (χ1n) is 11.6. The molecule has 2 heterocycles. The zero-order valence-electron chi connectivity index (χ0n) is 20.3. The fourth-order valence-electron chi connectivity index (χ4n) is 5.97. The van der Waals surface area contributed by atoms with Gasteiger partial charge in [0.1, 0.15) is 16.6 Å². The number of nitrogens with zero attached hydrogens (tertiary/aromatic N) is 1. The smallest absolute Gasteiger partial charge is 0.315 e. The van der Waals surface area contributed by atoms with Crippen LogP contribution in [0, 0.1) is 17.8 Å². The molecule has 36 heavy (non-hydrogen) atoms. The first-order valence-corrected chi connectivity index (χ1v) is 13.0. The van der Waals surface area contributed by atoms with Gasteiger partial charge in [-0.2, -0.15) is 4.31 Å². The second-order valence-corrected chi connectivity index (χ2v) is 11.3. The number of carbonyl (C=O) groups is 2. The summed E-state index contributed by atoms with van der Waals surface area (Å²) in [5.41, 5.74) is -0.944. The minimum Gasteiger partial charge on any atom is -0.469 e. The van der Waals surface area contributed by atoms with Gasteiger partial charge in [0.05, 0.1) is 31.4 Å². The van der Waals surface area contributed by atoms with E-state index in [0.29, 0.717) is 11.3 Å². The largest absolute Gasteiger partial charge is 0.469 e. The van der Waals surface area contributed by atoms with Gasteiger partial charge in [0.15, 0.2) is 0 Å². The van der Waals surface area contributed by atoms with Gasteiger partial charge in [0.25, 0.3) is 0 Å². The zero-order valence-corrected chi connectivity index (χ0v) is 21.1. The minimum absolute atomic E-state index is 0.000355. The summed E-state index contributed by atoms with van der Waals surface area (Å²) in [6.07, 6.45) is 1.57. The van der Waals surface area contributed by atoms with E-state index >= 15 is 0 Å². The molecule has 1 fully saturated rings. The van der Waals surface area contributed by atoms with Crippen molar-refractivity contribution in [1.29, 1.82) is 0 Å². The van der Waals surface area contributed by atoms with Crippen LogP contribution in [0.3, 0.4) is 0 Å². The van der Waals surface area contributed by atoms with E-state index in [2.05, 4.69) is 0 Å². The Morgan fingerprint density at radius 3 is 2.25 bits per heavy atom. The predicted molar refractivity (Wildman–Crippen MR) is 129 cm³/mol. The summed E-state index contributed by atoms with van der Waals surface area (Å²) in [7, 11) is -1.66. The topological polar surface area (TPSA) is 103 Å². The van der Waals surface area contributed by atoms with Crippen LogP contribution in [-0.4, -0.2) is 45.4 Å². The Bertz CT molecular complexity index is 1410. The fraction of sp³-hybridized carbons (Fsp3) is 0.333. The number of hydrogen-bond acceptors (Lipinski definition) is 7. The number of rotatable bonds is 5. The molecule has 0 radical (unpaired) electrons. The molecule has 0 amide bonds. The first kappa shape index (κ1) is 24.3. The normalized spacial score (nSPS) is 25.6. The Labute approximate surface area is 209 Å². The van der Waals surface area contributed by atoms with Crippen molar-refractivity contribution in [3.63, 3.8) is 0 Å². The van der Waals surface area contributed by atoms with Crippen LogP contribution in [0.15, 0.2) is 76.2 Å². The average Bonchev–Trinajstić information content (AvgIpc) is 3.47. The van der Waals surface area contributed by atoms with E-state index in [1.54, 1.807) is 42.5 Å². The van der Waals surface area contributed by atoms with E-state index in [-0.39, 0.29) is 24.3 Å². The van der Waals surface area contributed by atoms with Crippen molar-refractivity contribution in [2.24, 2.45) is 10.8 Å². The van der Waals surface area contributed by atoms with Crippen molar-refractivity contribution in [1.82, 2.24) is 4.31 Å². The number of sulfonamides is 1. The lowest BCUT2D eigenvalue weighted by atomic mass is 9.54. The van der Waals surface area contributed by atoms with Crippen LogP contribution in [0.25, 0.3) is 0 Å². The minimum atomic E-state index is -4.15. The van der Waals surface area contributed by atoms with Crippen LogP contribution in [0.1, 0.15) is 28.5 Å². The summed E-state index contributed by atoms with van der Waals surface area (Å²) < 4.78 is 45.9. The Morgan fingerprint density at radius 1 is 0.944 bits per heavy atom. The number of esters is 2. The molecule has 1 unspecified atom stereocenters. The molecule has 0 saturated carbocycles. The molecular weight excluding hydrogens is 482 g/mol. The molecule has 2 aromatic carbocycles. The summed E-state index contributed by atoms with van der Waals surface area (Å²) in [6, 6.07) is 16.1. The van der Waals surface area contributed by atoms with Crippen LogP contribution >= 0.6 is 0 Å². The third-order valence-electron chi connectivity index (χ3n) is 7.67. The molecule has 1 aromatic heterocycles. The molecule has 1 aliphatic heterocycles. The summed E-state index contributed by atoms with van der Waals surface area (Å²) in [5.74, 6) is -0.825. The predicted octanol–water partition coefficient (Wildman–Crippen LogP) is 3.45. The number of ether oxygens (including phenoxy) is 2. The lowest BCUT2D eigenvalue weighted by Gasteiger charge is -2.46. The van der Waals surface area contributed by atoms with Crippen LogP contribution in [0.2, 0.25) is 0 Å². The molecule has 3 aromatic rings. The molecule has 3 atom stereocenters. The van der Waals surface area contributed by atoms with Crippen LogP contribution in [0.4, 0.5) is 0 Å². The van der Waals surface area contributed by atoms with Crippen molar-refractivity contribution in [2.45, 2.75) is 30.7 Å². The summed E-state index contributed by atoms with van der Waals surface area (Å²) >= 11 is 0. The summed E-state index contributed by atoms with van der Waals surface area (Å²) in [4.78, 5) is 27.6. The lowest BCUT2D eigenvalue weighted by molar-refractivity contribution is -0.177. The first-order chi connectivity index (χ1) is 17.2. The van der Waals surface area contributed by atoms with Crippen molar-refractivity contribution >= 4 is 22.0 Å². The average molecular weight is 510 g/mol. The van der Waals surface area contributed by atoms with Crippen molar-refractivity contribution in [2.75, 3.05) is 20.8 Å². The zero-order chi connectivity index (χ0) is 25.7. The van der Waals surface area contributed by atoms with E-state index in [9.17, 15) is 18.0 Å². The number of fused-ring (bicyclic) bond motifs is 2. The van der Waals surface area contributed by atoms with Gasteiger partial charge in [0, 0.05) is 13.0 Å². The molecule has 188 valence electrons. The Balaban J connectivity index is 1.83. The Kier molecular flexibility index (Phi) is 5.80. The molecule has 9 heteroatoms. The van der Waals surface area contributed by atoms with Gasteiger partial charge in [-0.15, -0.1) is 0 Å². The number of hydrogen-bond donors (Lipinski definition) is 0. The van der Waals surface area contributed by atoms with Gasteiger partial charge in [-0.25, -0.2) is 8.42 Å². The standard InChI is InChI=1S/C27H27NO7S/c1-18-9-11-21(12-10-18)36(31,32)28-17-26(24(29)33-2)16-22-20(13-14-35-22)15-27(26,25(30)34-3)23(28)19-7-5-4-6-8-19/h4-14,23H,15-17H2,1-3H3/t23?,26-,27+/m0/s1. The number of aryl methyl sites for hydroxylation is 1. The molecule has 1 saturated heterocycles. The second kappa shape index (κ2) is 8.60. The fourth-order valence-corrected chi connectivity index (χ4v) is 7.69. The van der Waals surface area contributed by atoms with Crippen LogP contribution < -0.4 is 0 Å². The summed E-state index contributed by atoms with van der Waals surface area (Å²) in [6.45, 7) is 1.59. The molecule has 5 rings (SSSR count). The highest BCUT2D eigenvalue weighted by molar-refractivity contribution is 7.89. The number of furan rings is 1. The molecule has 8 nitrogen and oxygen atoms in total. The third-order valence-corrected chi connectivity index (χ3v) is 9.50. The van der Waals surface area contributed by atoms with Crippen molar-refractivity contribution < 1.29 is 31.9 Å². The maximum atomic E-state index is 14.2. The van der Waals surface area contributed by atoms with Gasteiger partial charge >= 0.3 is 11.9 Å². The van der Waals surface area contributed by atoms with Gasteiger partial charge in [-0.3, -0.25) is 9.59 Å². The monoisotopic (exact) mass is 509 g/mol. The van der Waals surface area contributed by atoms with Gasteiger partial charge in [-0.1, -0.05) is 48.0 Å². The van der Waals surface area contributed by atoms with Crippen LogP contribution in [0.5, 0.6) is 0 Å². The van der Waals surface area contributed by atoms with E-state index in [0.717, 1.165) is 11.1 Å². The maximum Gasteiger partial charge on any atom is 0.315 e.